The van der Waals surface area contributed by atoms with Gasteiger partial charge in [-0.1, -0.05) is 19.1 Å². The maximum absolute atomic E-state index is 12.8. The van der Waals surface area contributed by atoms with Crippen molar-refractivity contribution in [3.8, 4) is 11.5 Å². The first-order valence-corrected chi connectivity index (χ1v) is 9.51. The summed E-state index contributed by atoms with van der Waals surface area (Å²) < 4.78 is 12.3. The highest BCUT2D eigenvalue weighted by Crippen LogP contribution is 2.32. The number of ether oxygens (including phenoxy) is 2. The minimum atomic E-state index is -0.353. The molecule has 1 aliphatic heterocycles. The minimum absolute atomic E-state index is 0.0156. The molecule has 2 amide bonds. The van der Waals surface area contributed by atoms with Gasteiger partial charge in [-0.3, -0.25) is 14.0 Å². The predicted molar refractivity (Wildman–Crippen MR) is 106 cm³/mol. The second-order valence-electron chi connectivity index (χ2n) is 6.89. The van der Waals surface area contributed by atoms with Gasteiger partial charge in [0.1, 0.15) is 0 Å². The first-order chi connectivity index (χ1) is 14.1. The molecule has 3 aromatic rings. The van der Waals surface area contributed by atoms with E-state index in [2.05, 4.69) is 15.6 Å². The lowest BCUT2D eigenvalue weighted by atomic mass is 10.2. The van der Waals surface area contributed by atoms with E-state index in [1.165, 1.54) is 0 Å². The molecule has 0 radical (unpaired) electrons. The van der Waals surface area contributed by atoms with Crippen molar-refractivity contribution in [1.29, 1.82) is 0 Å². The lowest BCUT2D eigenvalue weighted by Crippen LogP contribution is -2.33. The van der Waals surface area contributed by atoms with E-state index in [4.69, 9.17) is 9.47 Å². The Bertz CT molecular complexity index is 1080. The average Bonchev–Trinajstić information content (AvgIpc) is 3.36. The standard InChI is InChI=1S/C21H22N4O4/c1-3-13(2)23-21(27)19-24-18(15-6-4-5-9-25(15)19)20(26)22-11-14-7-8-16-17(10-14)29-12-28-16/h4-10,13H,3,11-12H2,1-2H3,(H,22,26)(H,23,27). The molecule has 0 aliphatic carbocycles. The molecule has 0 spiro atoms. The Hall–Kier alpha value is -3.55. The van der Waals surface area contributed by atoms with Crippen LogP contribution in [0.4, 0.5) is 0 Å². The highest BCUT2D eigenvalue weighted by molar-refractivity contribution is 6.02. The van der Waals surface area contributed by atoms with Gasteiger partial charge < -0.3 is 20.1 Å². The molecule has 2 aromatic heterocycles. The van der Waals surface area contributed by atoms with Crippen molar-refractivity contribution in [2.45, 2.75) is 32.9 Å². The normalized spacial score (nSPS) is 13.3. The van der Waals surface area contributed by atoms with Crippen LogP contribution in [-0.4, -0.2) is 34.0 Å². The van der Waals surface area contributed by atoms with Crippen LogP contribution in [0.5, 0.6) is 11.5 Å². The van der Waals surface area contributed by atoms with Crippen molar-refractivity contribution < 1.29 is 19.1 Å². The van der Waals surface area contributed by atoms with Gasteiger partial charge in [0.2, 0.25) is 12.6 Å². The average molecular weight is 394 g/mol. The molecule has 0 saturated carbocycles. The number of rotatable bonds is 6. The van der Waals surface area contributed by atoms with Crippen molar-refractivity contribution in [2.75, 3.05) is 6.79 Å². The van der Waals surface area contributed by atoms with Crippen LogP contribution in [0.15, 0.2) is 42.6 Å². The van der Waals surface area contributed by atoms with Crippen molar-refractivity contribution in [3.63, 3.8) is 0 Å². The van der Waals surface area contributed by atoms with E-state index in [0.29, 0.717) is 23.6 Å². The molecule has 3 heterocycles. The molecule has 1 unspecified atom stereocenters. The number of nitrogens with zero attached hydrogens (tertiary/aromatic N) is 2. The molecule has 1 aliphatic rings. The Morgan fingerprint density at radius 1 is 1.17 bits per heavy atom. The van der Waals surface area contributed by atoms with E-state index in [0.717, 1.165) is 12.0 Å². The summed E-state index contributed by atoms with van der Waals surface area (Å²) in [4.78, 5) is 29.7. The predicted octanol–water partition coefficient (Wildman–Crippen LogP) is 2.52. The lowest BCUT2D eigenvalue weighted by Gasteiger charge is -2.10. The van der Waals surface area contributed by atoms with Crippen LogP contribution in [0, 0.1) is 0 Å². The molecule has 8 heteroatoms. The van der Waals surface area contributed by atoms with Crippen LogP contribution in [0.3, 0.4) is 0 Å². The maximum atomic E-state index is 12.8. The fourth-order valence-corrected chi connectivity index (χ4v) is 3.07. The zero-order valence-corrected chi connectivity index (χ0v) is 16.3. The highest BCUT2D eigenvalue weighted by Gasteiger charge is 2.22. The van der Waals surface area contributed by atoms with Gasteiger partial charge in [-0.2, -0.15) is 0 Å². The highest BCUT2D eigenvalue weighted by atomic mass is 16.7. The molecule has 2 N–H and O–H groups in total. The number of pyridine rings is 1. The molecule has 0 fully saturated rings. The largest absolute Gasteiger partial charge is 0.454 e. The van der Waals surface area contributed by atoms with Gasteiger partial charge >= 0.3 is 0 Å². The Kier molecular flexibility index (Phi) is 5.07. The van der Waals surface area contributed by atoms with Crippen LogP contribution in [-0.2, 0) is 6.54 Å². The topological polar surface area (TPSA) is 94.0 Å². The zero-order chi connectivity index (χ0) is 20.4. The molecule has 0 saturated heterocycles. The molecular formula is C21H22N4O4. The van der Waals surface area contributed by atoms with Crippen LogP contribution in [0.1, 0.15) is 46.9 Å². The molecule has 0 bridgehead atoms. The third-order valence-electron chi connectivity index (χ3n) is 4.85. The Morgan fingerprint density at radius 2 is 2.00 bits per heavy atom. The first kappa shape index (κ1) is 18.8. The summed E-state index contributed by atoms with van der Waals surface area (Å²) in [7, 11) is 0. The molecule has 1 aromatic carbocycles. The number of imidazole rings is 1. The Balaban J connectivity index is 1.55. The summed E-state index contributed by atoms with van der Waals surface area (Å²) in [5, 5.41) is 5.75. The number of carbonyl (C=O) groups is 2. The maximum Gasteiger partial charge on any atom is 0.287 e. The Morgan fingerprint density at radius 3 is 2.83 bits per heavy atom. The number of fused-ring (bicyclic) bond motifs is 2. The summed E-state index contributed by atoms with van der Waals surface area (Å²) >= 11 is 0. The van der Waals surface area contributed by atoms with Gasteiger partial charge in [0.25, 0.3) is 11.8 Å². The number of hydrogen-bond acceptors (Lipinski definition) is 5. The molecule has 29 heavy (non-hydrogen) atoms. The number of benzene rings is 1. The molecule has 8 nitrogen and oxygen atoms in total. The van der Waals surface area contributed by atoms with Crippen LogP contribution in [0.2, 0.25) is 0 Å². The number of aromatic nitrogens is 2. The fraction of sp³-hybridized carbons (Fsp3) is 0.286. The molecule has 1 atom stereocenters. The second-order valence-corrected chi connectivity index (χ2v) is 6.89. The quantitative estimate of drug-likeness (QED) is 0.670. The third kappa shape index (κ3) is 3.73. The van der Waals surface area contributed by atoms with Crippen molar-refractivity contribution in [3.05, 3.63) is 59.7 Å². The summed E-state index contributed by atoms with van der Waals surface area (Å²) in [6.07, 6.45) is 2.53. The van der Waals surface area contributed by atoms with E-state index in [1.807, 2.05) is 38.1 Å². The second kappa shape index (κ2) is 7.83. The van der Waals surface area contributed by atoms with Gasteiger partial charge in [-0.25, -0.2) is 4.98 Å². The minimum Gasteiger partial charge on any atom is -0.454 e. The molecule has 150 valence electrons. The van der Waals surface area contributed by atoms with Crippen molar-refractivity contribution in [1.82, 2.24) is 20.0 Å². The fourth-order valence-electron chi connectivity index (χ4n) is 3.07. The van der Waals surface area contributed by atoms with Gasteiger partial charge in [0, 0.05) is 18.8 Å². The van der Waals surface area contributed by atoms with E-state index in [1.54, 1.807) is 22.7 Å². The summed E-state index contributed by atoms with van der Waals surface area (Å²) in [6.45, 7) is 4.42. The van der Waals surface area contributed by atoms with Crippen molar-refractivity contribution in [2.24, 2.45) is 0 Å². The van der Waals surface area contributed by atoms with E-state index < -0.39 is 0 Å². The summed E-state index contributed by atoms with van der Waals surface area (Å²) in [6, 6.07) is 10.9. The number of amides is 2. The van der Waals surface area contributed by atoms with E-state index in [9.17, 15) is 9.59 Å². The number of hydrogen-bond donors (Lipinski definition) is 2. The smallest absolute Gasteiger partial charge is 0.287 e. The van der Waals surface area contributed by atoms with Crippen LogP contribution >= 0.6 is 0 Å². The van der Waals surface area contributed by atoms with Crippen LogP contribution in [0.25, 0.3) is 5.52 Å². The molecular weight excluding hydrogens is 372 g/mol. The van der Waals surface area contributed by atoms with Gasteiger partial charge in [0.15, 0.2) is 17.2 Å². The van der Waals surface area contributed by atoms with Gasteiger partial charge in [-0.15, -0.1) is 0 Å². The monoisotopic (exact) mass is 394 g/mol. The lowest BCUT2D eigenvalue weighted by molar-refractivity contribution is 0.0928. The summed E-state index contributed by atoms with van der Waals surface area (Å²) in [5.74, 6) is 0.879. The Labute approximate surface area is 167 Å². The van der Waals surface area contributed by atoms with Crippen molar-refractivity contribution >= 4 is 17.3 Å². The number of nitrogens with one attached hydrogen (secondary N) is 2. The van der Waals surface area contributed by atoms with Gasteiger partial charge in [-0.05, 0) is 43.2 Å². The van der Waals surface area contributed by atoms with Crippen LogP contribution < -0.4 is 20.1 Å². The SMILES string of the molecule is CCC(C)NC(=O)c1nc(C(=O)NCc2ccc3c(c2)OCO3)c2ccccn12. The van der Waals surface area contributed by atoms with E-state index in [-0.39, 0.29) is 36.2 Å². The molecule has 4 rings (SSSR count). The van der Waals surface area contributed by atoms with E-state index >= 15 is 0 Å². The first-order valence-electron chi connectivity index (χ1n) is 9.51. The summed E-state index contributed by atoms with van der Waals surface area (Å²) in [5.41, 5.74) is 1.66. The third-order valence-corrected chi connectivity index (χ3v) is 4.85. The van der Waals surface area contributed by atoms with Gasteiger partial charge in [0.05, 0.1) is 5.52 Å². The zero-order valence-electron chi connectivity index (χ0n) is 16.3. The number of carbonyl (C=O) groups excluding carboxylic acids is 2.